The van der Waals surface area contributed by atoms with Crippen LogP contribution in [0.5, 0.6) is 0 Å². The highest BCUT2D eigenvalue weighted by atomic mass is 127. The van der Waals surface area contributed by atoms with Crippen LogP contribution in [0.25, 0.3) is 0 Å². The molecule has 94 valence electrons. The first-order chi connectivity index (χ1) is 8.22. The molecule has 1 atom stereocenters. The molecular formula is C14H21IN2. The lowest BCUT2D eigenvalue weighted by molar-refractivity contribution is 0.232. The van der Waals surface area contributed by atoms with Crippen molar-refractivity contribution in [2.75, 3.05) is 0 Å². The van der Waals surface area contributed by atoms with Gasteiger partial charge in [0.05, 0.1) is 0 Å². The van der Waals surface area contributed by atoms with E-state index in [9.17, 15) is 0 Å². The monoisotopic (exact) mass is 344 g/mol. The van der Waals surface area contributed by atoms with Gasteiger partial charge in [0.1, 0.15) is 0 Å². The number of hydrogen-bond donors (Lipinski definition) is 2. The Balaban J connectivity index is 2.14. The minimum absolute atomic E-state index is 0.315. The maximum Gasteiger partial charge on any atom is 0.0498 e. The zero-order valence-corrected chi connectivity index (χ0v) is 12.5. The van der Waals surface area contributed by atoms with Gasteiger partial charge in [-0.1, -0.05) is 38.0 Å². The molecule has 3 heteroatoms. The van der Waals surface area contributed by atoms with Crippen molar-refractivity contribution >= 4 is 22.6 Å². The third kappa shape index (κ3) is 3.20. The van der Waals surface area contributed by atoms with Gasteiger partial charge in [-0.15, -0.1) is 0 Å². The molecule has 17 heavy (non-hydrogen) atoms. The lowest BCUT2D eigenvalue weighted by atomic mass is 9.77. The second-order valence-electron chi connectivity index (χ2n) is 5.19. The van der Waals surface area contributed by atoms with Gasteiger partial charge < -0.3 is 0 Å². The van der Waals surface area contributed by atoms with Crippen LogP contribution in [-0.4, -0.2) is 0 Å². The number of hydrazine groups is 1. The minimum atomic E-state index is 0.315. The molecule has 0 amide bonds. The van der Waals surface area contributed by atoms with Crippen molar-refractivity contribution in [3.8, 4) is 0 Å². The predicted molar refractivity (Wildman–Crippen MR) is 80.3 cm³/mol. The minimum Gasteiger partial charge on any atom is -0.271 e. The largest absolute Gasteiger partial charge is 0.271 e. The summed E-state index contributed by atoms with van der Waals surface area (Å²) in [5, 5.41) is 0. The van der Waals surface area contributed by atoms with Gasteiger partial charge in [0.25, 0.3) is 0 Å². The number of rotatable bonds is 3. The van der Waals surface area contributed by atoms with E-state index < -0.39 is 0 Å². The molecule has 1 unspecified atom stereocenters. The Morgan fingerprint density at radius 1 is 1.24 bits per heavy atom. The molecule has 0 saturated heterocycles. The number of nitrogens with one attached hydrogen (secondary N) is 1. The predicted octanol–water partition coefficient (Wildman–Crippen LogP) is 3.62. The zero-order chi connectivity index (χ0) is 12.3. The van der Waals surface area contributed by atoms with Crippen molar-refractivity contribution < 1.29 is 0 Å². The first kappa shape index (κ1) is 13.3. The first-order valence-electron chi connectivity index (χ1n) is 6.43. The maximum atomic E-state index is 5.79. The van der Waals surface area contributed by atoms with E-state index in [1.54, 1.807) is 0 Å². The van der Waals surface area contributed by atoms with Crippen molar-refractivity contribution in [3.05, 3.63) is 33.4 Å². The van der Waals surface area contributed by atoms with Gasteiger partial charge in [0.15, 0.2) is 0 Å². The van der Waals surface area contributed by atoms with Crippen LogP contribution >= 0.6 is 22.6 Å². The quantitative estimate of drug-likeness (QED) is 0.499. The van der Waals surface area contributed by atoms with Gasteiger partial charge in [0, 0.05) is 9.61 Å². The fourth-order valence-corrected chi connectivity index (χ4v) is 3.55. The number of benzene rings is 1. The maximum absolute atomic E-state index is 5.79. The van der Waals surface area contributed by atoms with Crippen molar-refractivity contribution in [1.29, 1.82) is 0 Å². The van der Waals surface area contributed by atoms with E-state index in [2.05, 4.69) is 59.2 Å². The average molecular weight is 344 g/mol. The molecule has 1 aromatic rings. The summed E-state index contributed by atoms with van der Waals surface area (Å²) in [6.45, 7) is 2.35. The van der Waals surface area contributed by atoms with Crippen LogP contribution in [0, 0.1) is 15.4 Å². The Morgan fingerprint density at radius 3 is 2.47 bits per heavy atom. The molecule has 0 aliphatic heterocycles. The van der Waals surface area contributed by atoms with E-state index >= 15 is 0 Å². The van der Waals surface area contributed by atoms with Gasteiger partial charge in [-0.05, 0) is 58.9 Å². The van der Waals surface area contributed by atoms with E-state index in [1.165, 1.54) is 34.8 Å². The van der Waals surface area contributed by atoms with Crippen molar-refractivity contribution in [3.63, 3.8) is 0 Å². The lowest BCUT2D eigenvalue weighted by Gasteiger charge is -2.33. The zero-order valence-electron chi connectivity index (χ0n) is 10.3. The molecule has 0 bridgehead atoms. The summed E-state index contributed by atoms with van der Waals surface area (Å²) in [6, 6.07) is 8.86. The van der Waals surface area contributed by atoms with E-state index in [4.69, 9.17) is 5.84 Å². The first-order valence-corrected chi connectivity index (χ1v) is 7.50. The van der Waals surface area contributed by atoms with E-state index in [-0.39, 0.29) is 0 Å². The Labute approximate surface area is 117 Å². The Morgan fingerprint density at radius 2 is 1.88 bits per heavy atom. The highest BCUT2D eigenvalue weighted by Crippen LogP contribution is 2.37. The molecule has 0 heterocycles. The molecular weight excluding hydrogens is 323 g/mol. The van der Waals surface area contributed by atoms with Crippen molar-refractivity contribution in [2.24, 2.45) is 17.7 Å². The van der Waals surface area contributed by atoms with Gasteiger partial charge in [-0.3, -0.25) is 11.3 Å². The van der Waals surface area contributed by atoms with Crippen LogP contribution in [0.1, 0.15) is 44.2 Å². The number of hydrogen-bond acceptors (Lipinski definition) is 2. The fourth-order valence-electron chi connectivity index (χ4n) is 2.83. The molecule has 0 spiro atoms. The summed E-state index contributed by atoms with van der Waals surface area (Å²) in [4.78, 5) is 0. The van der Waals surface area contributed by atoms with Gasteiger partial charge in [0.2, 0.25) is 0 Å². The van der Waals surface area contributed by atoms with Crippen LogP contribution in [0.4, 0.5) is 0 Å². The summed E-state index contributed by atoms with van der Waals surface area (Å²) >= 11 is 2.40. The second kappa shape index (κ2) is 6.16. The molecule has 2 nitrogen and oxygen atoms in total. The van der Waals surface area contributed by atoms with Crippen LogP contribution in [0.3, 0.4) is 0 Å². The molecule has 1 aliphatic rings. The molecule has 2 rings (SSSR count). The average Bonchev–Trinajstić information content (AvgIpc) is 2.35. The normalized spacial score (nSPS) is 26.8. The topological polar surface area (TPSA) is 38.0 Å². The molecule has 3 N–H and O–H groups in total. The molecule has 1 fully saturated rings. The number of halogens is 1. The van der Waals surface area contributed by atoms with Gasteiger partial charge >= 0.3 is 0 Å². The lowest BCUT2D eigenvalue weighted by Crippen LogP contribution is -2.35. The highest BCUT2D eigenvalue weighted by Gasteiger charge is 2.27. The fraction of sp³-hybridized carbons (Fsp3) is 0.571. The number of nitrogens with two attached hydrogens (primary N) is 1. The van der Waals surface area contributed by atoms with Gasteiger partial charge in [-0.25, -0.2) is 0 Å². The Kier molecular flexibility index (Phi) is 4.82. The van der Waals surface area contributed by atoms with E-state index in [0.29, 0.717) is 12.0 Å². The molecule has 1 aliphatic carbocycles. The SMILES string of the molecule is CC1CCC(C(NN)c2ccccc2I)CC1. The van der Waals surface area contributed by atoms with Crippen LogP contribution in [0.2, 0.25) is 0 Å². The molecule has 1 saturated carbocycles. The summed E-state index contributed by atoms with van der Waals surface area (Å²) in [6.07, 6.45) is 5.26. The van der Waals surface area contributed by atoms with Crippen LogP contribution in [-0.2, 0) is 0 Å². The summed E-state index contributed by atoms with van der Waals surface area (Å²) in [5.41, 5.74) is 4.40. The Bertz CT molecular complexity index is 359. The standard InChI is InChI=1S/C14H21IN2/c1-10-6-8-11(9-7-10)14(17-16)12-4-2-3-5-13(12)15/h2-5,10-11,14,17H,6-9,16H2,1H3. The van der Waals surface area contributed by atoms with E-state index in [1.807, 2.05) is 0 Å². The Hall–Kier alpha value is -0.130. The molecule has 1 aromatic carbocycles. The third-order valence-electron chi connectivity index (χ3n) is 3.95. The van der Waals surface area contributed by atoms with E-state index in [0.717, 1.165) is 5.92 Å². The third-order valence-corrected chi connectivity index (χ3v) is 4.93. The summed E-state index contributed by atoms with van der Waals surface area (Å²) < 4.78 is 1.31. The molecule has 0 aromatic heterocycles. The van der Waals surface area contributed by atoms with Crippen molar-refractivity contribution in [1.82, 2.24) is 5.43 Å². The second-order valence-corrected chi connectivity index (χ2v) is 6.35. The van der Waals surface area contributed by atoms with Crippen molar-refractivity contribution in [2.45, 2.75) is 38.6 Å². The summed E-state index contributed by atoms with van der Waals surface area (Å²) in [5.74, 6) is 7.36. The molecule has 0 radical (unpaired) electrons. The van der Waals surface area contributed by atoms with Crippen LogP contribution < -0.4 is 11.3 Å². The van der Waals surface area contributed by atoms with Gasteiger partial charge in [-0.2, -0.15) is 0 Å². The van der Waals surface area contributed by atoms with Crippen LogP contribution in [0.15, 0.2) is 24.3 Å². The summed E-state index contributed by atoms with van der Waals surface area (Å²) in [7, 11) is 0. The highest BCUT2D eigenvalue weighted by molar-refractivity contribution is 14.1. The smallest absolute Gasteiger partial charge is 0.0498 e.